The predicted octanol–water partition coefficient (Wildman–Crippen LogP) is 3.60. The van der Waals surface area contributed by atoms with Gasteiger partial charge in [-0.15, -0.1) is 11.3 Å². The van der Waals surface area contributed by atoms with Crippen LogP contribution < -0.4 is 5.32 Å². The monoisotopic (exact) mass is 304 g/mol. The standard InChI is InChI=1S/C17H24N2OS/c1-11-4-3-5-13(10-11)19-15(14-7-6-12(2)21-14)18-17(8-9-17)16(19)20/h6-7,11,13,15,18H,3-5,8-10H2,1-2H3. The Kier molecular flexibility index (Phi) is 3.16. The molecule has 2 saturated carbocycles. The van der Waals surface area contributed by atoms with Gasteiger partial charge in [-0.1, -0.05) is 19.8 Å². The zero-order valence-corrected chi connectivity index (χ0v) is 13.7. The van der Waals surface area contributed by atoms with Gasteiger partial charge in [0.25, 0.3) is 0 Å². The molecule has 4 rings (SSSR count). The Morgan fingerprint density at radius 3 is 2.76 bits per heavy atom. The molecule has 4 heteroatoms. The molecular formula is C17H24N2OS. The molecule has 2 aliphatic carbocycles. The molecule has 21 heavy (non-hydrogen) atoms. The van der Waals surface area contributed by atoms with E-state index in [1.54, 1.807) is 0 Å². The number of carbonyl (C=O) groups is 1. The molecule has 1 N–H and O–H groups in total. The molecule has 1 aromatic rings. The van der Waals surface area contributed by atoms with Gasteiger partial charge in [-0.3, -0.25) is 10.1 Å². The Balaban J connectivity index is 1.65. The Hall–Kier alpha value is -0.870. The molecule has 1 spiro atoms. The number of hydrogen-bond acceptors (Lipinski definition) is 3. The summed E-state index contributed by atoms with van der Waals surface area (Å²) < 4.78 is 0. The smallest absolute Gasteiger partial charge is 0.244 e. The average Bonchev–Trinajstić information content (AvgIpc) is 3.02. The summed E-state index contributed by atoms with van der Waals surface area (Å²) in [6.07, 6.45) is 7.09. The molecule has 0 bridgehead atoms. The van der Waals surface area contributed by atoms with E-state index in [2.05, 4.69) is 36.2 Å². The van der Waals surface area contributed by atoms with Crippen LogP contribution >= 0.6 is 11.3 Å². The van der Waals surface area contributed by atoms with Gasteiger partial charge >= 0.3 is 0 Å². The highest BCUT2D eigenvalue weighted by Gasteiger charge is 2.60. The minimum absolute atomic E-state index is 0.119. The van der Waals surface area contributed by atoms with Crippen molar-refractivity contribution in [1.29, 1.82) is 0 Å². The van der Waals surface area contributed by atoms with E-state index in [0.717, 1.165) is 18.8 Å². The largest absolute Gasteiger partial charge is 0.317 e. The van der Waals surface area contributed by atoms with Crippen LogP contribution in [0, 0.1) is 12.8 Å². The molecule has 1 aliphatic heterocycles. The zero-order valence-electron chi connectivity index (χ0n) is 12.9. The predicted molar refractivity (Wildman–Crippen MR) is 85.2 cm³/mol. The van der Waals surface area contributed by atoms with Crippen molar-refractivity contribution in [2.24, 2.45) is 5.92 Å². The molecule has 114 valence electrons. The molecule has 3 nitrogen and oxygen atoms in total. The van der Waals surface area contributed by atoms with Gasteiger partial charge < -0.3 is 4.90 Å². The highest BCUT2D eigenvalue weighted by Crippen LogP contribution is 2.49. The quantitative estimate of drug-likeness (QED) is 0.905. The van der Waals surface area contributed by atoms with E-state index >= 15 is 0 Å². The van der Waals surface area contributed by atoms with E-state index in [1.165, 1.54) is 35.4 Å². The molecular weight excluding hydrogens is 280 g/mol. The molecule has 1 aromatic heterocycles. The first-order valence-electron chi connectivity index (χ1n) is 8.26. The maximum atomic E-state index is 13.0. The van der Waals surface area contributed by atoms with Crippen LogP contribution in [0.2, 0.25) is 0 Å². The molecule has 3 aliphatic rings. The zero-order chi connectivity index (χ0) is 14.6. The van der Waals surface area contributed by atoms with Crippen molar-refractivity contribution < 1.29 is 4.79 Å². The van der Waals surface area contributed by atoms with Gasteiger partial charge in [0, 0.05) is 15.8 Å². The fourth-order valence-electron chi connectivity index (χ4n) is 4.08. The van der Waals surface area contributed by atoms with Crippen molar-refractivity contribution in [2.75, 3.05) is 0 Å². The molecule has 1 saturated heterocycles. The lowest BCUT2D eigenvalue weighted by molar-refractivity contribution is -0.134. The maximum Gasteiger partial charge on any atom is 0.244 e. The summed E-state index contributed by atoms with van der Waals surface area (Å²) in [5, 5.41) is 3.67. The third-order valence-corrected chi connectivity index (χ3v) is 6.47. The summed E-state index contributed by atoms with van der Waals surface area (Å²) in [4.78, 5) is 17.8. The first kappa shape index (κ1) is 13.8. The lowest BCUT2D eigenvalue weighted by atomic mass is 9.86. The van der Waals surface area contributed by atoms with Gasteiger partial charge in [0.2, 0.25) is 5.91 Å². The second-order valence-electron chi connectivity index (χ2n) is 7.22. The lowest BCUT2D eigenvalue weighted by Crippen LogP contribution is -2.42. The number of amides is 1. The highest BCUT2D eigenvalue weighted by atomic mass is 32.1. The van der Waals surface area contributed by atoms with Gasteiger partial charge in [0.05, 0.1) is 0 Å². The number of rotatable bonds is 2. The number of aryl methyl sites for hydroxylation is 1. The fraction of sp³-hybridized carbons (Fsp3) is 0.706. The minimum Gasteiger partial charge on any atom is -0.317 e. The van der Waals surface area contributed by atoms with Gasteiger partial charge in [0.1, 0.15) is 11.7 Å². The number of hydrogen-bond donors (Lipinski definition) is 1. The van der Waals surface area contributed by atoms with E-state index in [-0.39, 0.29) is 11.7 Å². The van der Waals surface area contributed by atoms with Gasteiger partial charge in [-0.2, -0.15) is 0 Å². The maximum absolute atomic E-state index is 13.0. The molecule has 0 radical (unpaired) electrons. The van der Waals surface area contributed by atoms with Crippen LogP contribution in [0.5, 0.6) is 0 Å². The lowest BCUT2D eigenvalue weighted by Gasteiger charge is -2.37. The SMILES string of the molecule is Cc1ccc(C2NC3(CC3)C(=O)N2C2CCCC(C)C2)s1. The summed E-state index contributed by atoms with van der Waals surface area (Å²) in [6, 6.07) is 4.80. The first-order valence-corrected chi connectivity index (χ1v) is 9.07. The highest BCUT2D eigenvalue weighted by molar-refractivity contribution is 7.12. The van der Waals surface area contributed by atoms with Crippen molar-refractivity contribution >= 4 is 17.2 Å². The van der Waals surface area contributed by atoms with Crippen LogP contribution in [0.15, 0.2) is 12.1 Å². The fourth-order valence-corrected chi connectivity index (χ4v) is 5.01. The van der Waals surface area contributed by atoms with Crippen LogP contribution in [-0.2, 0) is 4.79 Å². The average molecular weight is 304 g/mol. The Morgan fingerprint density at radius 2 is 2.14 bits per heavy atom. The van der Waals surface area contributed by atoms with Crippen LogP contribution in [0.4, 0.5) is 0 Å². The second-order valence-corrected chi connectivity index (χ2v) is 8.53. The second kappa shape index (κ2) is 4.82. The van der Waals surface area contributed by atoms with E-state index in [0.29, 0.717) is 11.9 Å². The summed E-state index contributed by atoms with van der Waals surface area (Å²) in [6.45, 7) is 4.47. The van der Waals surface area contributed by atoms with Gasteiger partial charge in [-0.05, 0) is 50.7 Å². The van der Waals surface area contributed by atoms with E-state index in [9.17, 15) is 4.79 Å². The van der Waals surface area contributed by atoms with Crippen LogP contribution in [0.1, 0.15) is 61.4 Å². The number of nitrogens with zero attached hydrogens (tertiary/aromatic N) is 1. The summed E-state index contributed by atoms with van der Waals surface area (Å²) >= 11 is 1.83. The minimum atomic E-state index is -0.205. The molecule has 3 atom stereocenters. The Bertz CT molecular complexity index is 563. The van der Waals surface area contributed by atoms with Crippen molar-refractivity contribution in [3.63, 3.8) is 0 Å². The molecule has 0 aromatic carbocycles. The van der Waals surface area contributed by atoms with Crippen molar-refractivity contribution in [3.8, 4) is 0 Å². The third kappa shape index (κ3) is 2.23. The third-order valence-electron chi connectivity index (χ3n) is 5.42. The molecule has 2 heterocycles. The summed E-state index contributed by atoms with van der Waals surface area (Å²) in [7, 11) is 0. The summed E-state index contributed by atoms with van der Waals surface area (Å²) in [5.41, 5.74) is -0.205. The molecule has 3 fully saturated rings. The van der Waals surface area contributed by atoms with Crippen LogP contribution in [-0.4, -0.2) is 22.4 Å². The van der Waals surface area contributed by atoms with Crippen LogP contribution in [0.25, 0.3) is 0 Å². The van der Waals surface area contributed by atoms with Crippen LogP contribution in [0.3, 0.4) is 0 Å². The Morgan fingerprint density at radius 1 is 1.33 bits per heavy atom. The Labute approximate surface area is 130 Å². The number of carbonyl (C=O) groups excluding carboxylic acids is 1. The van der Waals surface area contributed by atoms with Crippen molar-refractivity contribution in [1.82, 2.24) is 10.2 Å². The molecule has 1 amide bonds. The van der Waals surface area contributed by atoms with Gasteiger partial charge in [-0.25, -0.2) is 0 Å². The number of nitrogens with one attached hydrogen (secondary N) is 1. The number of thiophene rings is 1. The van der Waals surface area contributed by atoms with Gasteiger partial charge in [0.15, 0.2) is 0 Å². The summed E-state index contributed by atoms with van der Waals surface area (Å²) in [5.74, 6) is 1.12. The first-order chi connectivity index (χ1) is 10.1. The van der Waals surface area contributed by atoms with E-state index in [1.807, 2.05) is 11.3 Å². The van der Waals surface area contributed by atoms with Crippen molar-refractivity contribution in [2.45, 2.75) is 70.1 Å². The van der Waals surface area contributed by atoms with E-state index < -0.39 is 0 Å². The molecule has 3 unspecified atom stereocenters. The van der Waals surface area contributed by atoms with Crippen molar-refractivity contribution in [3.05, 3.63) is 21.9 Å². The normalized spacial score (nSPS) is 34.7. The van der Waals surface area contributed by atoms with E-state index in [4.69, 9.17) is 0 Å². The topological polar surface area (TPSA) is 32.3 Å².